The van der Waals surface area contributed by atoms with Crippen molar-refractivity contribution >= 4 is 6.21 Å². The molecule has 1 atom stereocenters. The Hall–Kier alpha value is -1.13. The van der Waals surface area contributed by atoms with E-state index in [0.29, 0.717) is 5.92 Å². The molecule has 134 valence electrons. The first-order chi connectivity index (χ1) is 11.8. The maximum absolute atomic E-state index is 5.50. The van der Waals surface area contributed by atoms with Crippen molar-refractivity contribution < 1.29 is 4.74 Å². The predicted molar refractivity (Wildman–Crippen MR) is 101 cm³/mol. The van der Waals surface area contributed by atoms with Gasteiger partial charge in [0.05, 0.1) is 5.70 Å². The van der Waals surface area contributed by atoms with E-state index in [0.717, 1.165) is 51.7 Å². The third-order valence-electron chi connectivity index (χ3n) is 5.68. The second kappa shape index (κ2) is 8.82. The molecule has 0 radical (unpaired) electrons. The van der Waals surface area contributed by atoms with Gasteiger partial charge in [-0.05, 0) is 32.6 Å². The molecular formula is C20H33N3O. The highest BCUT2D eigenvalue weighted by molar-refractivity contribution is 5.78. The average Bonchev–Trinajstić information content (AvgIpc) is 2.67. The third-order valence-corrected chi connectivity index (χ3v) is 5.68. The fourth-order valence-electron chi connectivity index (χ4n) is 3.84. The highest BCUT2D eigenvalue weighted by atomic mass is 16.5. The van der Waals surface area contributed by atoms with Crippen LogP contribution in [-0.2, 0) is 4.74 Å². The normalized spacial score (nSPS) is 27.4. The molecule has 0 aromatic rings. The van der Waals surface area contributed by atoms with Crippen LogP contribution in [0.1, 0.15) is 39.5 Å². The second-order valence-corrected chi connectivity index (χ2v) is 7.35. The first-order valence-corrected chi connectivity index (χ1v) is 9.70. The summed E-state index contributed by atoms with van der Waals surface area (Å²) in [4.78, 5) is 9.83. The van der Waals surface area contributed by atoms with E-state index in [1.165, 1.54) is 37.2 Å². The lowest BCUT2D eigenvalue weighted by Crippen LogP contribution is -2.51. The van der Waals surface area contributed by atoms with Crippen LogP contribution in [0.15, 0.2) is 28.4 Å². The van der Waals surface area contributed by atoms with Crippen LogP contribution in [0, 0.1) is 5.92 Å². The minimum Gasteiger partial charge on any atom is -0.381 e. The van der Waals surface area contributed by atoms with Crippen LogP contribution in [0.4, 0.5) is 0 Å². The van der Waals surface area contributed by atoms with Crippen molar-refractivity contribution in [2.75, 3.05) is 45.9 Å². The van der Waals surface area contributed by atoms with E-state index >= 15 is 0 Å². The van der Waals surface area contributed by atoms with Crippen LogP contribution >= 0.6 is 0 Å². The standard InChI is InChI=1S/C20H33N3O/c1-3-17(2)4-5-18-14-20(16-21-15-18)23-10-8-22(9-11-23)19-6-12-24-13-7-19/h4,14,16,18-19H,3,5-13,15H2,1-2H3/b17-4+. The van der Waals surface area contributed by atoms with E-state index in [1.807, 2.05) is 0 Å². The fraction of sp³-hybridized carbons (Fsp3) is 0.750. The topological polar surface area (TPSA) is 28.1 Å². The molecule has 3 aliphatic heterocycles. The summed E-state index contributed by atoms with van der Waals surface area (Å²) >= 11 is 0. The van der Waals surface area contributed by atoms with Gasteiger partial charge in [0, 0.05) is 64.1 Å². The van der Waals surface area contributed by atoms with E-state index in [4.69, 9.17) is 4.74 Å². The number of piperazine rings is 1. The molecular weight excluding hydrogens is 298 g/mol. The SMILES string of the molecule is CC/C(C)=C/CC1C=C(N2CCN(C3CCOCC3)CC2)C=NC1. The summed E-state index contributed by atoms with van der Waals surface area (Å²) in [7, 11) is 0. The summed E-state index contributed by atoms with van der Waals surface area (Å²) in [5.74, 6) is 0.569. The van der Waals surface area contributed by atoms with Crippen LogP contribution in [0.3, 0.4) is 0 Å². The van der Waals surface area contributed by atoms with Gasteiger partial charge in [-0.2, -0.15) is 0 Å². The van der Waals surface area contributed by atoms with Crippen molar-refractivity contribution in [2.24, 2.45) is 10.9 Å². The van der Waals surface area contributed by atoms with Crippen molar-refractivity contribution in [3.8, 4) is 0 Å². The maximum atomic E-state index is 5.50. The van der Waals surface area contributed by atoms with Gasteiger partial charge < -0.3 is 9.64 Å². The summed E-state index contributed by atoms with van der Waals surface area (Å²) in [6, 6.07) is 0.741. The highest BCUT2D eigenvalue weighted by Crippen LogP contribution is 2.21. The number of hydrogen-bond acceptors (Lipinski definition) is 4. The van der Waals surface area contributed by atoms with Crippen LogP contribution in [0.25, 0.3) is 0 Å². The molecule has 0 aliphatic carbocycles. The fourth-order valence-corrected chi connectivity index (χ4v) is 3.84. The van der Waals surface area contributed by atoms with Crippen LogP contribution in [0.2, 0.25) is 0 Å². The van der Waals surface area contributed by atoms with Gasteiger partial charge in [0.1, 0.15) is 0 Å². The monoisotopic (exact) mass is 331 g/mol. The number of ether oxygens (including phenoxy) is 1. The summed E-state index contributed by atoms with van der Waals surface area (Å²) in [6.07, 6.45) is 11.6. The Labute approximate surface area is 147 Å². The van der Waals surface area contributed by atoms with Gasteiger partial charge >= 0.3 is 0 Å². The number of aliphatic imine (C=N–C) groups is 1. The van der Waals surface area contributed by atoms with Gasteiger partial charge in [0.25, 0.3) is 0 Å². The summed E-state index contributed by atoms with van der Waals surface area (Å²) in [5, 5.41) is 0. The Morgan fingerprint density at radius 3 is 2.71 bits per heavy atom. The molecule has 0 aromatic heterocycles. The molecule has 4 heteroatoms. The molecule has 4 nitrogen and oxygen atoms in total. The van der Waals surface area contributed by atoms with E-state index in [1.54, 1.807) is 0 Å². The zero-order valence-corrected chi connectivity index (χ0v) is 15.4. The van der Waals surface area contributed by atoms with Crippen molar-refractivity contribution in [1.82, 2.24) is 9.80 Å². The minimum atomic E-state index is 0.569. The van der Waals surface area contributed by atoms with Crippen molar-refractivity contribution in [2.45, 2.75) is 45.6 Å². The minimum absolute atomic E-state index is 0.569. The van der Waals surface area contributed by atoms with Crippen LogP contribution in [-0.4, -0.2) is 68.0 Å². The first-order valence-electron chi connectivity index (χ1n) is 9.70. The smallest absolute Gasteiger partial charge is 0.0511 e. The number of dihydropyridines is 1. The molecule has 0 spiro atoms. The first kappa shape index (κ1) is 17.7. The molecule has 0 aromatic carbocycles. The van der Waals surface area contributed by atoms with Crippen LogP contribution < -0.4 is 0 Å². The third kappa shape index (κ3) is 4.70. The molecule has 3 aliphatic rings. The predicted octanol–water partition coefficient (Wildman–Crippen LogP) is 3.11. The molecule has 0 N–H and O–H groups in total. The van der Waals surface area contributed by atoms with Gasteiger partial charge in [-0.25, -0.2) is 0 Å². The number of nitrogens with zero attached hydrogens (tertiary/aromatic N) is 3. The number of allylic oxidation sites excluding steroid dienone is 3. The van der Waals surface area contributed by atoms with Gasteiger partial charge in [-0.1, -0.05) is 24.6 Å². The Bertz CT molecular complexity index is 483. The average molecular weight is 332 g/mol. The van der Waals surface area contributed by atoms with Gasteiger partial charge in [-0.3, -0.25) is 9.89 Å². The Kier molecular flexibility index (Phi) is 6.50. The summed E-state index contributed by atoms with van der Waals surface area (Å²) in [5.41, 5.74) is 2.84. The Morgan fingerprint density at radius 2 is 2.00 bits per heavy atom. The van der Waals surface area contributed by atoms with Gasteiger partial charge in [-0.15, -0.1) is 0 Å². The molecule has 3 rings (SSSR count). The lowest BCUT2D eigenvalue weighted by atomic mass is 9.99. The number of rotatable bonds is 5. The molecule has 2 saturated heterocycles. The van der Waals surface area contributed by atoms with Crippen molar-refractivity contribution in [1.29, 1.82) is 0 Å². The zero-order chi connectivity index (χ0) is 16.8. The largest absolute Gasteiger partial charge is 0.381 e. The van der Waals surface area contributed by atoms with Crippen molar-refractivity contribution in [3.05, 3.63) is 23.4 Å². The van der Waals surface area contributed by atoms with Crippen LogP contribution in [0.5, 0.6) is 0 Å². The maximum Gasteiger partial charge on any atom is 0.0511 e. The molecule has 0 bridgehead atoms. The molecule has 3 heterocycles. The zero-order valence-electron chi connectivity index (χ0n) is 15.4. The van der Waals surface area contributed by atoms with E-state index in [9.17, 15) is 0 Å². The molecule has 2 fully saturated rings. The van der Waals surface area contributed by atoms with Gasteiger partial charge in [0.15, 0.2) is 0 Å². The molecule has 0 amide bonds. The molecule has 0 saturated carbocycles. The Balaban J connectivity index is 1.51. The Morgan fingerprint density at radius 1 is 1.25 bits per heavy atom. The quantitative estimate of drug-likeness (QED) is 0.725. The molecule has 1 unspecified atom stereocenters. The highest BCUT2D eigenvalue weighted by Gasteiger charge is 2.26. The summed E-state index contributed by atoms with van der Waals surface area (Å²) in [6.45, 7) is 11.9. The van der Waals surface area contributed by atoms with E-state index in [-0.39, 0.29) is 0 Å². The number of hydrogen-bond donors (Lipinski definition) is 0. The lowest BCUT2D eigenvalue weighted by Gasteiger charge is -2.42. The second-order valence-electron chi connectivity index (χ2n) is 7.35. The molecule has 24 heavy (non-hydrogen) atoms. The lowest BCUT2D eigenvalue weighted by molar-refractivity contribution is 0.0189. The van der Waals surface area contributed by atoms with Crippen molar-refractivity contribution in [3.63, 3.8) is 0 Å². The van der Waals surface area contributed by atoms with E-state index in [2.05, 4.69) is 47.0 Å². The van der Waals surface area contributed by atoms with Gasteiger partial charge in [0.2, 0.25) is 0 Å². The summed E-state index contributed by atoms with van der Waals surface area (Å²) < 4.78 is 5.50. The van der Waals surface area contributed by atoms with E-state index < -0.39 is 0 Å².